The van der Waals surface area contributed by atoms with Crippen LogP contribution in [-0.2, 0) is 9.53 Å². The molecule has 3 rings (SSSR count). The Balaban J connectivity index is 1.55. The summed E-state index contributed by atoms with van der Waals surface area (Å²) in [6.45, 7) is 6.95. The van der Waals surface area contributed by atoms with Crippen LogP contribution in [0.5, 0.6) is 5.75 Å². The Labute approximate surface area is 174 Å². The highest BCUT2D eigenvalue weighted by atomic mass is 19.1. The van der Waals surface area contributed by atoms with Crippen LogP contribution in [0.25, 0.3) is 0 Å². The summed E-state index contributed by atoms with van der Waals surface area (Å²) in [4.78, 5) is 39.3. The Morgan fingerprint density at radius 3 is 2.37 bits per heavy atom. The monoisotopic (exact) mass is 422 g/mol. The van der Waals surface area contributed by atoms with Crippen LogP contribution in [-0.4, -0.2) is 70.3 Å². The second-order valence-corrected chi connectivity index (χ2v) is 8.58. The second-order valence-electron chi connectivity index (χ2n) is 8.58. The first-order valence-corrected chi connectivity index (χ1v) is 10.0. The number of carbonyl (C=O) groups excluding carboxylic acids is 2. The molecule has 1 aromatic carbocycles. The number of amides is 2. The van der Waals surface area contributed by atoms with Crippen LogP contribution in [0.4, 0.5) is 9.18 Å². The number of benzene rings is 1. The summed E-state index contributed by atoms with van der Waals surface area (Å²) in [6, 6.07) is 3.34. The van der Waals surface area contributed by atoms with Crippen molar-refractivity contribution >= 4 is 18.0 Å². The summed E-state index contributed by atoms with van der Waals surface area (Å²) in [5.74, 6) is -2.40. The lowest BCUT2D eigenvalue weighted by Crippen LogP contribution is -2.49. The molecule has 0 unspecified atom stereocenters. The van der Waals surface area contributed by atoms with E-state index >= 15 is 0 Å². The number of aromatic carboxylic acids is 1. The first-order chi connectivity index (χ1) is 14.0. The molecule has 1 aromatic rings. The van der Waals surface area contributed by atoms with Gasteiger partial charge in [0.25, 0.3) is 5.91 Å². The van der Waals surface area contributed by atoms with E-state index in [4.69, 9.17) is 14.6 Å². The number of likely N-dealkylation sites (tertiary alicyclic amines) is 2. The fourth-order valence-electron chi connectivity index (χ4n) is 3.72. The standard InChI is InChI=1S/C21H27FN2O6/c1-21(2,3)30-20(28)23-9-6-14(7-10-23)24-11-8-17(18(24)25)29-16-5-4-13(19(26)27)12-15(16)22/h4-5,12,14,17H,6-11H2,1-3H3,(H,26,27)/t17-/m0/s1. The number of hydrogen-bond donors (Lipinski definition) is 1. The minimum absolute atomic E-state index is 0.0102. The molecule has 2 fully saturated rings. The van der Waals surface area contributed by atoms with Gasteiger partial charge in [-0.3, -0.25) is 4.79 Å². The zero-order chi connectivity index (χ0) is 22.1. The van der Waals surface area contributed by atoms with E-state index in [0.29, 0.717) is 38.9 Å². The van der Waals surface area contributed by atoms with Gasteiger partial charge in [0.05, 0.1) is 5.56 Å². The Bertz CT molecular complexity index is 829. The molecule has 0 radical (unpaired) electrons. The normalized spacial score (nSPS) is 20.4. The molecule has 1 atom stereocenters. The summed E-state index contributed by atoms with van der Waals surface area (Å²) >= 11 is 0. The molecule has 0 saturated carbocycles. The lowest BCUT2D eigenvalue weighted by Gasteiger charge is -2.37. The van der Waals surface area contributed by atoms with E-state index in [0.717, 1.165) is 6.07 Å². The summed E-state index contributed by atoms with van der Waals surface area (Å²) in [5, 5.41) is 8.91. The Morgan fingerprint density at radius 2 is 1.80 bits per heavy atom. The number of carbonyl (C=O) groups is 3. The third kappa shape index (κ3) is 5.01. The molecule has 1 N–H and O–H groups in total. The molecule has 0 bridgehead atoms. The van der Waals surface area contributed by atoms with Gasteiger partial charge in [0.15, 0.2) is 17.7 Å². The van der Waals surface area contributed by atoms with E-state index in [2.05, 4.69) is 0 Å². The van der Waals surface area contributed by atoms with Crippen molar-refractivity contribution in [2.45, 2.75) is 57.8 Å². The van der Waals surface area contributed by atoms with Crippen LogP contribution >= 0.6 is 0 Å². The highest BCUT2D eigenvalue weighted by Crippen LogP contribution is 2.27. The quantitative estimate of drug-likeness (QED) is 0.802. The van der Waals surface area contributed by atoms with Crippen LogP contribution in [0.2, 0.25) is 0 Å². The van der Waals surface area contributed by atoms with Crippen LogP contribution in [0, 0.1) is 5.82 Å². The third-order valence-corrected chi connectivity index (χ3v) is 5.20. The van der Waals surface area contributed by atoms with Gasteiger partial charge in [-0.15, -0.1) is 0 Å². The van der Waals surface area contributed by atoms with E-state index in [1.807, 2.05) is 20.8 Å². The molecule has 9 heteroatoms. The number of carboxylic acid groups (broad SMARTS) is 1. The SMILES string of the molecule is CC(C)(C)OC(=O)N1CCC(N2CC[C@H](Oc3ccc(C(=O)O)cc3F)C2=O)CC1. The number of halogens is 1. The van der Waals surface area contributed by atoms with Crippen molar-refractivity contribution in [3.63, 3.8) is 0 Å². The van der Waals surface area contributed by atoms with Gasteiger partial charge in [0.2, 0.25) is 0 Å². The summed E-state index contributed by atoms with van der Waals surface area (Å²) in [5.41, 5.74) is -0.738. The number of piperidine rings is 1. The lowest BCUT2D eigenvalue weighted by molar-refractivity contribution is -0.136. The Kier molecular flexibility index (Phi) is 6.19. The molecular formula is C21H27FN2O6. The van der Waals surface area contributed by atoms with Gasteiger partial charge >= 0.3 is 12.1 Å². The number of ether oxygens (including phenoxy) is 2. The van der Waals surface area contributed by atoms with Gasteiger partial charge in [-0.05, 0) is 51.8 Å². The summed E-state index contributed by atoms with van der Waals surface area (Å²) in [7, 11) is 0. The van der Waals surface area contributed by atoms with Crippen molar-refractivity contribution in [3.8, 4) is 5.75 Å². The van der Waals surface area contributed by atoms with E-state index in [-0.39, 0.29) is 29.4 Å². The van der Waals surface area contributed by atoms with Crippen LogP contribution < -0.4 is 4.74 Å². The average Bonchev–Trinajstić information content (AvgIpc) is 3.02. The fourth-order valence-corrected chi connectivity index (χ4v) is 3.72. The predicted octanol–water partition coefficient (Wildman–Crippen LogP) is 2.90. The van der Waals surface area contributed by atoms with Crippen molar-refractivity contribution in [3.05, 3.63) is 29.6 Å². The lowest BCUT2D eigenvalue weighted by atomic mass is 10.0. The highest BCUT2D eigenvalue weighted by Gasteiger charge is 2.39. The minimum Gasteiger partial charge on any atom is -0.478 e. The zero-order valence-electron chi connectivity index (χ0n) is 17.4. The highest BCUT2D eigenvalue weighted by molar-refractivity contribution is 5.88. The maximum absolute atomic E-state index is 14.1. The molecule has 164 valence electrons. The molecule has 2 aliphatic rings. The summed E-state index contributed by atoms with van der Waals surface area (Å²) < 4.78 is 25.1. The van der Waals surface area contributed by atoms with E-state index in [9.17, 15) is 18.8 Å². The predicted molar refractivity (Wildman–Crippen MR) is 105 cm³/mol. The first kappa shape index (κ1) is 21.9. The van der Waals surface area contributed by atoms with Crippen LogP contribution in [0.1, 0.15) is 50.4 Å². The Hall–Kier alpha value is -2.84. The fraction of sp³-hybridized carbons (Fsp3) is 0.571. The van der Waals surface area contributed by atoms with Crippen molar-refractivity contribution < 1.29 is 33.4 Å². The Morgan fingerprint density at radius 1 is 1.13 bits per heavy atom. The van der Waals surface area contributed by atoms with Crippen molar-refractivity contribution in [1.29, 1.82) is 0 Å². The van der Waals surface area contributed by atoms with Gasteiger partial charge in [0.1, 0.15) is 5.60 Å². The van der Waals surface area contributed by atoms with Crippen molar-refractivity contribution in [2.24, 2.45) is 0 Å². The second kappa shape index (κ2) is 8.49. The van der Waals surface area contributed by atoms with Crippen molar-refractivity contribution in [2.75, 3.05) is 19.6 Å². The molecule has 2 aliphatic heterocycles. The number of hydrogen-bond acceptors (Lipinski definition) is 5. The molecular weight excluding hydrogens is 395 g/mol. The molecule has 2 saturated heterocycles. The van der Waals surface area contributed by atoms with Gasteiger partial charge in [-0.2, -0.15) is 0 Å². The molecule has 0 spiro atoms. The summed E-state index contributed by atoms with van der Waals surface area (Å²) in [6.07, 6.45) is 0.540. The van der Waals surface area contributed by atoms with Crippen molar-refractivity contribution in [1.82, 2.24) is 9.80 Å². The van der Waals surface area contributed by atoms with Gasteiger partial charge in [-0.1, -0.05) is 0 Å². The third-order valence-electron chi connectivity index (χ3n) is 5.20. The number of rotatable bonds is 4. The maximum atomic E-state index is 14.1. The molecule has 2 amide bonds. The zero-order valence-corrected chi connectivity index (χ0v) is 17.4. The number of nitrogens with zero attached hydrogens (tertiary/aromatic N) is 2. The van der Waals surface area contributed by atoms with E-state index in [1.54, 1.807) is 9.80 Å². The van der Waals surface area contributed by atoms with Gasteiger partial charge in [-0.25, -0.2) is 14.0 Å². The van der Waals surface area contributed by atoms with E-state index < -0.39 is 23.5 Å². The molecule has 0 aliphatic carbocycles. The van der Waals surface area contributed by atoms with Crippen LogP contribution in [0.3, 0.4) is 0 Å². The smallest absolute Gasteiger partial charge is 0.410 e. The van der Waals surface area contributed by atoms with Gasteiger partial charge in [0, 0.05) is 32.1 Å². The largest absolute Gasteiger partial charge is 0.478 e. The van der Waals surface area contributed by atoms with Crippen LogP contribution in [0.15, 0.2) is 18.2 Å². The molecule has 2 heterocycles. The average molecular weight is 422 g/mol. The number of carboxylic acids is 1. The van der Waals surface area contributed by atoms with Gasteiger partial charge < -0.3 is 24.4 Å². The molecule has 30 heavy (non-hydrogen) atoms. The topological polar surface area (TPSA) is 96.4 Å². The minimum atomic E-state index is -1.23. The molecule has 8 nitrogen and oxygen atoms in total. The maximum Gasteiger partial charge on any atom is 0.410 e. The van der Waals surface area contributed by atoms with E-state index in [1.165, 1.54) is 12.1 Å². The first-order valence-electron chi connectivity index (χ1n) is 10.0. The molecule has 0 aromatic heterocycles.